The van der Waals surface area contributed by atoms with Crippen molar-refractivity contribution in [1.82, 2.24) is 9.88 Å². The molecule has 1 saturated heterocycles. The highest BCUT2D eigenvalue weighted by Crippen LogP contribution is 2.35. The predicted molar refractivity (Wildman–Crippen MR) is 154 cm³/mol. The number of anilines is 4. The van der Waals surface area contributed by atoms with Crippen LogP contribution in [-0.2, 0) is 16.1 Å². The summed E-state index contributed by atoms with van der Waals surface area (Å²) in [5.41, 5.74) is 3.65. The number of amides is 2. The number of aryl methyl sites for hydroxylation is 1. The molecule has 0 radical (unpaired) electrons. The molecule has 0 aliphatic carbocycles. The van der Waals surface area contributed by atoms with E-state index in [1.807, 2.05) is 43.3 Å². The van der Waals surface area contributed by atoms with Gasteiger partial charge in [-0.1, -0.05) is 30.3 Å². The lowest BCUT2D eigenvalue weighted by Crippen LogP contribution is -2.37. The minimum absolute atomic E-state index is 0.115. The first-order valence-corrected chi connectivity index (χ1v) is 13.2. The number of ether oxygens (including phenoxy) is 2. The van der Waals surface area contributed by atoms with Gasteiger partial charge in [0.15, 0.2) is 0 Å². The van der Waals surface area contributed by atoms with E-state index < -0.39 is 6.09 Å². The number of hydrogen-bond donors (Lipinski definition) is 1. The van der Waals surface area contributed by atoms with E-state index in [0.29, 0.717) is 41.1 Å². The molecule has 39 heavy (non-hydrogen) atoms. The number of carbonyl (C=O) groups excluding carboxylic acids is 2. The second-order valence-corrected chi connectivity index (χ2v) is 9.84. The Morgan fingerprint density at radius 3 is 2.51 bits per heavy atom. The number of benzene rings is 2. The van der Waals surface area contributed by atoms with Crippen LogP contribution in [0, 0.1) is 12.8 Å². The van der Waals surface area contributed by atoms with Gasteiger partial charge >= 0.3 is 6.09 Å². The van der Waals surface area contributed by atoms with Crippen molar-refractivity contribution in [2.45, 2.75) is 26.4 Å². The van der Waals surface area contributed by atoms with Crippen molar-refractivity contribution in [2.75, 3.05) is 56.0 Å². The van der Waals surface area contributed by atoms with Crippen LogP contribution >= 0.6 is 0 Å². The van der Waals surface area contributed by atoms with Gasteiger partial charge in [0, 0.05) is 19.7 Å². The maximum absolute atomic E-state index is 13.6. The van der Waals surface area contributed by atoms with E-state index in [1.165, 1.54) is 4.90 Å². The van der Waals surface area contributed by atoms with Crippen LogP contribution in [0.15, 0.2) is 60.8 Å². The Bertz CT molecular complexity index is 1260. The molecule has 1 aliphatic heterocycles. The van der Waals surface area contributed by atoms with Crippen molar-refractivity contribution < 1.29 is 19.1 Å². The lowest BCUT2D eigenvalue weighted by Gasteiger charge is -2.32. The molecule has 0 unspecified atom stereocenters. The standard InChI is InChI=1S/C30H37N5O4/c1-22-16-25(38-4)10-11-27(22)35(30(37)39-20-24-8-6-5-7-9-24)29-17-28(26(31-2)18-32-29)34(21-36)19-23-12-14-33(3)15-13-23/h5-11,16-18,21,23,31H,12-15,19-20H2,1-4H3. The number of likely N-dealkylation sites (tertiary alicyclic amines) is 1. The number of pyridine rings is 1. The van der Waals surface area contributed by atoms with E-state index in [2.05, 4.69) is 22.2 Å². The number of nitrogens with zero attached hydrogens (tertiary/aromatic N) is 4. The number of aromatic nitrogens is 1. The Morgan fingerprint density at radius 1 is 1.13 bits per heavy atom. The Labute approximate surface area is 230 Å². The molecule has 0 spiro atoms. The number of rotatable bonds is 10. The molecule has 3 aromatic rings. The fraction of sp³-hybridized carbons (Fsp3) is 0.367. The first-order chi connectivity index (χ1) is 18.9. The smallest absolute Gasteiger partial charge is 0.420 e. The third kappa shape index (κ3) is 6.86. The molecule has 2 amide bonds. The summed E-state index contributed by atoms with van der Waals surface area (Å²) < 4.78 is 11.1. The highest BCUT2D eigenvalue weighted by molar-refractivity contribution is 5.97. The minimum Gasteiger partial charge on any atom is -0.497 e. The van der Waals surface area contributed by atoms with E-state index in [9.17, 15) is 9.59 Å². The largest absolute Gasteiger partial charge is 0.497 e. The van der Waals surface area contributed by atoms with Crippen molar-refractivity contribution in [2.24, 2.45) is 5.92 Å². The molecule has 0 bridgehead atoms. The second kappa shape index (κ2) is 13.1. The van der Waals surface area contributed by atoms with E-state index in [0.717, 1.165) is 43.5 Å². The Kier molecular flexibility index (Phi) is 9.38. The third-order valence-electron chi connectivity index (χ3n) is 7.13. The second-order valence-electron chi connectivity index (χ2n) is 9.84. The summed E-state index contributed by atoms with van der Waals surface area (Å²) in [6.45, 7) is 4.63. The zero-order valence-corrected chi connectivity index (χ0v) is 23.1. The summed E-state index contributed by atoms with van der Waals surface area (Å²) in [6, 6.07) is 16.7. The van der Waals surface area contributed by atoms with E-state index >= 15 is 0 Å². The molecule has 9 heteroatoms. The Balaban J connectivity index is 1.69. The predicted octanol–water partition coefficient (Wildman–Crippen LogP) is 5.22. The van der Waals surface area contributed by atoms with Crippen LogP contribution < -0.4 is 19.9 Å². The van der Waals surface area contributed by atoms with Crippen molar-refractivity contribution >= 4 is 35.4 Å². The molecule has 1 aromatic heterocycles. The number of nitrogens with one attached hydrogen (secondary N) is 1. The van der Waals surface area contributed by atoms with Crippen molar-refractivity contribution in [3.63, 3.8) is 0 Å². The summed E-state index contributed by atoms with van der Waals surface area (Å²) in [7, 11) is 5.51. The molecule has 1 fully saturated rings. The van der Waals surface area contributed by atoms with Gasteiger partial charge in [-0.2, -0.15) is 0 Å². The van der Waals surface area contributed by atoms with Crippen LogP contribution in [0.3, 0.4) is 0 Å². The molecule has 206 valence electrons. The van der Waals surface area contributed by atoms with Crippen molar-refractivity contribution in [3.8, 4) is 5.75 Å². The fourth-order valence-electron chi connectivity index (χ4n) is 4.81. The Hall–Kier alpha value is -4.11. The number of carbonyl (C=O) groups is 2. The normalized spacial score (nSPS) is 13.9. The molecule has 1 N–H and O–H groups in total. The first-order valence-electron chi connectivity index (χ1n) is 13.2. The SMILES string of the molecule is CNc1cnc(N(C(=O)OCc2ccccc2)c2ccc(OC)cc2C)cc1N(C=O)CC1CCN(C)CC1. The molecule has 9 nitrogen and oxygen atoms in total. The highest BCUT2D eigenvalue weighted by Gasteiger charge is 2.26. The number of hydrogen-bond acceptors (Lipinski definition) is 7. The van der Waals surface area contributed by atoms with Crippen LogP contribution in [0.1, 0.15) is 24.0 Å². The van der Waals surface area contributed by atoms with Gasteiger partial charge in [0.1, 0.15) is 18.2 Å². The summed E-state index contributed by atoms with van der Waals surface area (Å²) >= 11 is 0. The molecule has 0 saturated carbocycles. The van der Waals surface area contributed by atoms with Crippen LogP contribution in [0.25, 0.3) is 0 Å². The van der Waals surface area contributed by atoms with Crippen molar-refractivity contribution in [1.29, 1.82) is 0 Å². The zero-order chi connectivity index (χ0) is 27.8. The maximum Gasteiger partial charge on any atom is 0.420 e. The van der Waals surface area contributed by atoms with Gasteiger partial charge in [0.25, 0.3) is 0 Å². The van der Waals surface area contributed by atoms with Gasteiger partial charge in [0.2, 0.25) is 6.41 Å². The third-order valence-corrected chi connectivity index (χ3v) is 7.13. The molecule has 4 rings (SSSR count). The summed E-state index contributed by atoms with van der Waals surface area (Å²) in [5, 5.41) is 3.14. The minimum atomic E-state index is -0.573. The van der Waals surface area contributed by atoms with Crippen LogP contribution in [0.5, 0.6) is 5.75 Å². The molecular weight excluding hydrogens is 494 g/mol. The average molecular weight is 532 g/mol. The van der Waals surface area contributed by atoms with Crippen molar-refractivity contribution in [3.05, 3.63) is 71.9 Å². The van der Waals surface area contributed by atoms with Gasteiger partial charge in [-0.3, -0.25) is 4.79 Å². The average Bonchev–Trinajstić information content (AvgIpc) is 2.97. The molecular formula is C30H37N5O4. The molecule has 2 aromatic carbocycles. The quantitative estimate of drug-likeness (QED) is 0.359. The monoisotopic (exact) mass is 531 g/mol. The van der Waals surface area contributed by atoms with Crippen LogP contribution in [0.2, 0.25) is 0 Å². The Morgan fingerprint density at radius 2 is 1.87 bits per heavy atom. The van der Waals surface area contributed by atoms with Crippen LogP contribution in [0.4, 0.5) is 27.7 Å². The van der Waals surface area contributed by atoms with Gasteiger partial charge in [0.05, 0.1) is 30.4 Å². The molecule has 1 aliphatic rings. The summed E-state index contributed by atoms with van der Waals surface area (Å²) in [4.78, 5) is 36.0. The van der Waals surface area contributed by atoms with Gasteiger partial charge in [-0.15, -0.1) is 0 Å². The lowest BCUT2D eigenvalue weighted by atomic mass is 9.96. The van der Waals surface area contributed by atoms with E-state index in [1.54, 1.807) is 43.5 Å². The number of piperidine rings is 1. The van der Waals surface area contributed by atoms with E-state index in [-0.39, 0.29) is 6.61 Å². The molecule has 2 heterocycles. The first kappa shape index (κ1) is 27.9. The zero-order valence-electron chi connectivity index (χ0n) is 23.1. The summed E-state index contributed by atoms with van der Waals surface area (Å²) in [5.74, 6) is 1.42. The van der Waals surface area contributed by atoms with Gasteiger partial charge < -0.3 is 24.6 Å². The lowest BCUT2D eigenvalue weighted by molar-refractivity contribution is -0.107. The highest BCUT2D eigenvalue weighted by atomic mass is 16.6. The summed E-state index contributed by atoms with van der Waals surface area (Å²) in [6.07, 6.45) is 3.98. The van der Waals surface area contributed by atoms with Gasteiger partial charge in [-0.25, -0.2) is 14.7 Å². The van der Waals surface area contributed by atoms with Crippen LogP contribution in [-0.4, -0.2) is 63.2 Å². The number of methoxy groups -OCH3 is 1. The van der Waals surface area contributed by atoms with Gasteiger partial charge in [-0.05, 0) is 75.1 Å². The molecule has 0 atom stereocenters. The fourth-order valence-corrected chi connectivity index (χ4v) is 4.81. The topological polar surface area (TPSA) is 87.2 Å². The van der Waals surface area contributed by atoms with E-state index in [4.69, 9.17) is 9.47 Å². The maximum atomic E-state index is 13.6.